The van der Waals surface area contributed by atoms with E-state index in [9.17, 15) is 4.79 Å². The molecule has 4 heteroatoms. The highest BCUT2D eigenvalue weighted by Crippen LogP contribution is 2.09. The van der Waals surface area contributed by atoms with E-state index in [1.807, 2.05) is 0 Å². The van der Waals surface area contributed by atoms with Gasteiger partial charge in [0.05, 0.1) is 0 Å². The van der Waals surface area contributed by atoms with Gasteiger partial charge in [0.2, 0.25) is 0 Å². The van der Waals surface area contributed by atoms with Gasteiger partial charge in [-0.3, -0.25) is 4.79 Å². The minimum atomic E-state index is -0.997. The molecule has 1 saturated heterocycles. The molecule has 1 rings (SSSR count). The number of likely N-dealkylation sites (tertiary alicyclic amines) is 1. The molecule has 4 nitrogen and oxygen atoms in total. The van der Waals surface area contributed by atoms with Gasteiger partial charge >= 0.3 is 0 Å². The predicted octanol–water partition coefficient (Wildman–Crippen LogP) is -0.682. The zero-order valence-electron chi connectivity index (χ0n) is 7.20. The quantitative estimate of drug-likeness (QED) is 0.580. The fourth-order valence-electron chi connectivity index (χ4n) is 1.43. The van der Waals surface area contributed by atoms with Crippen molar-refractivity contribution in [3.8, 4) is 0 Å². The van der Waals surface area contributed by atoms with E-state index in [2.05, 4.69) is 0 Å². The molecule has 1 fully saturated rings. The van der Waals surface area contributed by atoms with Crippen LogP contribution in [0.2, 0.25) is 0 Å². The topological polar surface area (TPSA) is 66.6 Å². The number of amides is 1. The van der Waals surface area contributed by atoms with Crippen LogP contribution in [0.15, 0.2) is 0 Å². The lowest BCUT2D eigenvalue weighted by Gasteiger charge is -2.28. The molecule has 70 valence electrons. The molecular weight excluding hydrogens is 156 g/mol. The van der Waals surface area contributed by atoms with Gasteiger partial charge in [-0.05, 0) is 19.3 Å². The van der Waals surface area contributed by atoms with E-state index < -0.39 is 6.10 Å². The van der Waals surface area contributed by atoms with E-state index >= 15 is 0 Å². The average molecular weight is 172 g/mol. The van der Waals surface area contributed by atoms with Crippen LogP contribution >= 0.6 is 0 Å². The predicted molar refractivity (Wildman–Crippen MR) is 45.5 cm³/mol. The number of hydrogen-bond donors (Lipinski definition) is 2. The number of piperidine rings is 1. The second-order valence-corrected chi connectivity index (χ2v) is 3.14. The van der Waals surface area contributed by atoms with Crippen molar-refractivity contribution >= 4 is 5.91 Å². The fraction of sp³-hybridized carbons (Fsp3) is 0.875. The third kappa shape index (κ3) is 2.19. The minimum Gasteiger partial charge on any atom is -0.382 e. The summed E-state index contributed by atoms with van der Waals surface area (Å²) in [5, 5.41) is 9.16. The summed E-state index contributed by atoms with van der Waals surface area (Å²) in [6.45, 7) is 1.57. The molecule has 0 aromatic heterocycles. The summed E-state index contributed by atoms with van der Waals surface area (Å²) in [4.78, 5) is 13.0. The van der Waals surface area contributed by atoms with E-state index in [1.165, 1.54) is 6.42 Å². The number of aliphatic hydroxyl groups excluding tert-OH is 1. The Morgan fingerprint density at radius 1 is 1.42 bits per heavy atom. The second kappa shape index (κ2) is 4.42. The van der Waals surface area contributed by atoms with Gasteiger partial charge in [0.15, 0.2) is 0 Å². The molecule has 0 spiro atoms. The fourth-order valence-corrected chi connectivity index (χ4v) is 1.43. The Kier molecular flexibility index (Phi) is 3.49. The third-order valence-electron chi connectivity index (χ3n) is 2.18. The molecule has 0 aliphatic carbocycles. The zero-order valence-corrected chi connectivity index (χ0v) is 7.20. The molecule has 1 amide bonds. The zero-order chi connectivity index (χ0) is 8.97. The van der Waals surface area contributed by atoms with Gasteiger partial charge in [-0.25, -0.2) is 0 Å². The number of nitrogens with two attached hydrogens (primary N) is 1. The summed E-state index contributed by atoms with van der Waals surface area (Å²) >= 11 is 0. The van der Waals surface area contributed by atoms with Crippen LogP contribution < -0.4 is 5.73 Å². The Hall–Kier alpha value is -0.610. The Labute approximate surface area is 72.3 Å². The summed E-state index contributed by atoms with van der Waals surface area (Å²) in [5.74, 6) is -0.211. The molecular formula is C8H16N2O2. The van der Waals surface area contributed by atoms with Crippen LogP contribution in [-0.2, 0) is 4.79 Å². The van der Waals surface area contributed by atoms with Crippen LogP contribution in [0.3, 0.4) is 0 Å². The molecule has 0 aromatic carbocycles. The Bertz CT molecular complexity index is 155. The van der Waals surface area contributed by atoms with Crippen LogP contribution in [0, 0.1) is 0 Å². The molecule has 1 aliphatic heterocycles. The van der Waals surface area contributed by atoms with Crippen molar-refractivity contribution in [3.05, 3.63) is 0 Å². The van der Waals surface area contributed by atoms with Gasteiger partial charge in [-0.1, -0.05) is 0 Å². The molecule has 1 aliphatic rings. The number of carbonyl (C=O) groups excluding carboxylic acids is 1. The highest BCUT2D eigenvalue weighted by Gasteiger charge is 2.21. The van der Waals surface area contributed by atoms with Crippen LogP contribution in [0.4, 0.5) is 0 Å². The summed E-state index contributed by atoms with van der Waals surface area (Å²) in [6, 6.07) is 0. The van der Waals surface area contributed by atoms with Crippen molar-refractivity contribution in [1.82, 2.24) is 4.90 Å². The largest absolute Gasteiger partial charge is 0.382 e. The van der Waals surface area contributed by atoms with Gasteiger partial charge in [-0.15, -0.1) is 0 Å². The number of hydrogen-bond acceptors (Lipinski definition) is 3. The van der Waals surface area contributed by atoms with E-state index in [4.69, 9.17) is 10.8 Å². The van der Waals surface area contributed by atoms with Crippen LogP contribution in [0.5, 0.6) is 0 Å². The van der Waals surface area contributed by atoms with E-state index in [0.717, 1.165) is 25.9 Å². The summed E-state index contributed by atoms with van der Waals surface area (Å²) in [6.07, 6.45) is 2.28. The standard InChI is InChI=1S/C8H16N2O2/c9-6-7(11)8(12)10-4-2-1-3-5-10/h7,11H,1-6,9H2. The molecule has 1 unspecified atom stereocenters. The summed E-state index contributed by atoms with van der Waals surface area (Å²) in [5.41, 5.74) is 5.18. The number of carbonyl (C=O) groups is 1. The molecule has 1 heterocycles. The van der Waals surface area contributed by atoms with E-state index in [1.54, 1.807) is 4.90 Å². The lowest BCUT2D eigenvalue weighted by atomic mass is 10.1. The number of nitrogens with zero attached hydrogens (tertiary/aromatic N) is 1. The first kappa shape index (κ1) is 9.48. The Balaban J connectivity index is 2.39. The van der Waals surface area contributed by atoms with E-state index in [-0.39, 0.29) is 12.5 Å². The number of rotatable bonds is 2. The van der Waals surface area contributed by atoms with Gasteiger partial charge in [0.25, 0.3) is 5.91 Å². The lowest BCUT2D eigenvalue weighted by Crippen LogP contribution is -2.44. The summed E-state index contributed by atoms with van der Waals surface area (Å²) < 4.78 is 0. The molecule has 0 radical (unpaired) electrons. The van der Waals surface area contributed by atoms with Crippen molar-refractivity contribution in [2.45, 2.75) is 25.4 Å². The second-order valence-electron chi connectivity index (χ2n) is 3.14. The Morgan fingerprint density at radius 2 is 2.00 bits per heavy atom. The SMILES string of the molecule is NCC(O)C(=O)N1CCCCC1. The van der Waals surface area contributed by atoms with Gasteiger partial charge in [0.1, 0.15) is 6.10 Å². The van der Waals surface area contributed by atoms with Crippen LogP contribution in [0.1, 0.15) is 19.3 Å². The first-order chi connectivity index (χ1) is 5.75. The molecule has 1 atom stereocenters. The van der Waals surface area contributed by atoms with Crippen molar-refractivity contribution in [3.63, 3.8) is 0 Å². The van der Waals surface area contributed by atoms with Gasteiger partial charge in [0, 0.05) is 19.6 Å². The molecule has 3 N–H and O–H groups in total. The Morgan fingerprint density at radius 3 is 2.50 bits per heavy atom. The first-order valence-corrected chi connectivity index (χ1v) is 4.42. The third-order valence-corrected chi connectivity index (χ3v) is 2.18. The monoisotopic (exact) mass is 172 g/mol. The maximum Gasteiger partial charge on any atom is 0.252 e. The molecule has 0 aromatic rings. The van der Waals surface area contributed by atoms with Gasteiger partial charge in [-0.2, -0.15) is 0 Å². The number of aliphatic hydroxyl groups is 1. The van der Waals surface area contributed by atoms with Gasteiger partial charge < -0.3 is 15.7 Å². The van der Waals surface area contributed by atoms with E-state index in [0.29, 0.717) is 0 Å². The maximum atomic E-state index is 11.3. The molecule has 0 bridgehead atoms. The first-order valence-electron chi connectivity index (χ1n) is 4.42. The highest BCUT2D eigenvalue weighted by molar-refractivity contribution is 5.80. The van der Waals surface area contributed by atoms with Crippen LogP contribution in [-0.4, -0.2) is 41.7 Å². The smallest absolute Gasteiger partial charge is 0.252 e. The maximum absolute atomic E-state index is 11.3. The lowest BCUT2D eigenvalue weighted by molar-refractivity contribution is -0.140. The average Bonchev–Trinajstić information content (AvgIpc) is 2.17. The summed E-state index contributed by atoms with van der Waals surface area (Å²) in [7, 11) is 0. The molecule has 0 saturated carbocycles. The van der Waals surface area contributed by atoms with Crippen LogP contribution in [0.25, 0.3) is 0 Å². The highest BCUT2D eigenvalue weighted by atomic mass is 16.3. The van der Waals surface area contributed by atoms with Crippen molar-refractivity contribution in [2.24, 2.45) is 5.73 Å². The normalized spacial score (nSPS) is 20.7. The molecule has 12 heavy (non-hydrogen) atoms. The van der Waals surface area contributed by atoms with Crippen molar-refractivity contribution in [2.75, 3.05) is 19.6 Å². The van der Waals surface area contributed by atoms with Crippen molar-refractivity contribution < 1.29 is 9.90 Å². The minimum absolute atomic E-state index is 0.0231. The van der Waals surface area contributed by atoms with Crippen molar-refractivity contribution in [1.29, 1.82) is 0 Å².